The second-order valence-electron chi connectivity index (χ2n) is 14.2. The van der Waals surface area contributed by atoms with E-state index in [1.807, 2.05) is 0 Å². The summed E-state index contributed by atoms with van der Waals surface area (Å²) in [5.41, 5.74) is 2.39. The van der Waals surface area contributed by atoms with Crippen LogP contribution in [0.25, 0.3) is 12.2 Å². The molecule has 26 heteroatoms. The van der Waals surface area contributed by atoms with Gasteiger partial charge in [-0.3, -0.25) is 19.1 Å². The van der Waals surface area contributed by atoms with E-state index in [0.717, 1.165) is 12.1 Å². The van der Waals surface area contributed by atoms with Crippen molar-refractivity contribution in [2.45, 2.75) is 9.79 Å². The number of aromatic amines is 2. The molecule has 0 atom stereocenters. The van der Waals surface area contributed by atoms with Crippen LogP contribution in [0.1, 0.15) is 11.1 Å². The Labute approximate surface area is 463 Å². The SMILES string of the molecule is O=S(=O)(O)c1cc(N=c2nc(Nc3ccc(Cl)cc3)nc(Nc3ccc(Cl)cc3)[nH]2)ccc1C=Cc1ccc(N=c2nc(Nc3ccc(Cl)cc3)nc(Nc3ccc(Cl)cc3)[nH]2)cc1S(=O)(=O)O.[Na].[Na]. The van der Waals surface area contributed by atoms with Crippen LogP contribution in [0.3, 0.4) is 0 Å². The number of anilines is 8. The molecule has 0 amide bonds. The van der Waals surface area contributed by atoms with Crippen LogP contribution >= 0.6 is 46.4 Å². The molecule has 2 radical (unpaired) electrons. The van der Waals surface area contributed by atoms with Gasteiger partial charge in [-0.25, -0.2) is 9.98 Å². The number of aromatic nitrogens is 6. The minimum atomic E-state index is -4.91. The van der Waals surface area contributed by atoms with Gasteiger partial charge in [0.2, 0.25) is 35.0 Å². The summed E-state index contributed by atoms with van der Waals surface area (Å²) in [5, 5.41) is 14.4. The number of nitrogens with zero attached hydrogens (tertiary/aromatic N) is 6. The molecule has 8 rings (SSSR count). The minimum absolute atomic E-state index is 0. The van der Waals surface area contributed by atoms with Gasteiger partial charge in [0.05, 0.1) is 11.4 Å². The van der Waals surface area contributed by atoms with Crippen LogP contribution in [0.15, 0.2) is 153 Å². The van der Waals surface area contributed by atoms with Gasteiger partial charge in [0.25, 0.3) is 20.2 Å². The molecule has 8 N–H and O–H groups in total. The maximum Gasteiger partial charge on any atom is 0.295 e. The summed E-state index contributed by atoms with van der Waals surface area (Å²) < 4.78 is 71.8. The van der Waals surface area contributed by atoms with Crippen LogP contribution in [0, 0.1) is 0 Å². The summed E-state index contributed by atoms with van der Waals surface area (Å²) >= 11 is 24.2. The zero-order chi connectivity index (χ0) is 48.0. The van der Waals surface area contributed by atoms with Crippen molar-refractivity contribution in [3.63, 3.8) is 0 Å². The monoisotopic (exact) mass is 1070 g/mol. The summed E-state index contributed by atoms with van der Waals surface area (Å²) in [6.45, 7) is 0. The number of halogens is 4. The van der Waals surface area contributed by atoms with Crippen molar-refractivity contribution >= 4 is 196 Å². The van der Waals surface area contributed by atoms with Gasteiger partial charge >= 0.3 is 0 Å². The molecule has 0 spiro atoms. The standard InChI is InChI=1S/C44H32Cl4N12O6S2.2Na/c45-27-5-15-31(16-6-27)49-39-55-40(50-32-17-7-28(46)8-18-32)58-43(57-39)53-35-13-3-25(37(23-35)67(61,62)63)1-2-26-4-14-36(24-38(26)68(64,65)66)54-44-59-41(51-33-19-9-29(47)10-20-33)56-42(60-44)52-34-21-11-30(48)12-22-34;;/h1-24H,(H,61,62,63)(H,64,65,66)(H3,49,50,53,55,57,58)(H3,51,52,54,56,59,60);;. The predicted molar refractivity (Wildman–Crippen MR) is 275 cm³/mol. The molecule has 18 nitrogen and oxygen atoms in total. The molecule has 0 unspecified atom stereocenters. The number of hydrogen-bond donors (Lipinski definition) is 8. The average molecular weight is 1080 g/mol. The van der Waals surface area contributed by atoms with E-state index in [1.165, 1.54) is 36.4 Å². The Hall–Kier alpha value is -5.14. The van der Waals surface area contributed by atoms with Crippen LogP contribution in [-0.4, -0.2) is 115 Å². The average Bonchev–Trinajstić information content (AvgIpc) is 3.28. The van der Waals surface area contributed by atoms with E-state index < -0.39 is 30.0 Å². The van der Waals surface area contributed by atoms with Gasteiger partial charge < -0.3 is 21.3 Å². The van der Waals surface area contributed by atoms with Gasteiger partial charge in [0, 0.05) is 102 Å². The molecule has 0 aliphatic carbocycles. The number of rotatable bonds is 14. The molecule has 0 aliphatic heterocycles. The number of nitrogens with one attached hydrogen (secondary N) is 6. The summed E-state index contributed by atoms with van der Waals surface area (Å²) in [7, 11) is -9.82. The molecule has 8 aromatic rings. The fourth-order valence-corrected chi connectivity index (χ4v) is 8.03. The molecule has 0 fully saturated rings. The zero-order valence-corrected chi connectivity index (χ0v) is 45.1. The Balaban J connectivity index is 0.00000402. The second-order valence-corrected chi connectivity index (χ2v) is 18.7. The first kappa shape index (κ1) is 54.2. The molecular formula is C44H32Cl4N12Na2O6S2. The van der Waals surface area contributed by atoms with Gasteiger partial charge in [0.15, 0.2) is 0 Å². The first-order valence-electron chi connectivity index (χ1n) is 19.6. The Morgan fingerprint density at radius 1 is 0.443 bits per heavy atom. The Morgan fingerprint density at radius 3 is 1.04 bits per heavy atom. The third-order valence-electron chi connectivity index (χ3n) is 9.20. The number of hydrogen-bond acceptors (Lipinski definition) is 14. The third-order valence-corrected chi connectivity index (χ3v) is 12.0. The number of H-pyrrole nitrogens is 2. The maximum absolute atomic E-state index is 12.8. The van der Waals surface area contributed by atoms with Crippen molar-refractivity contribution in [1.29, 1.82) is 0 Å². The van der Waals surface area contributed by atoms with E-state index in [4.69, 9.17) is 46.4 Å². The smallest absolute Gasteiger partial charge is 0.295 e. The summed E-state index contributed by atoms with van der Waals surface area (Å²) in [6, 6.07) is 35.0. The normalized spacial score (nSPS) is 12.0. The first-order chi connectivity index (χ1) is 32.5. The molecule has 70 heavy (non-hydrogen) atoms. The first-order valence-corrected chi connectivity index (χ1v) is 23.9. The molecule has 346 valence electrons. The van der Waals surface area contributed by atoms with E-state index in [-0.39, 0.29) is 117 Å². The van der Waals surface area contributed by atoms with Crippen LogP contribution in [-0.2, 0) is 20.2 Å². The molecule has 0 aliphatic rings. The van der Waals surface area contributed by atoms with Crippen LogP contribution in [0.4, 0.5) is 57.9 Å². The molecule has 0 saturated carbocycles. The Bertz CT molecular complexity index is 3200. The molecule has 2 heterocycles. The van der Waals surface area contributed by atoms with Gasteiger partial charge in [-0.2, -0.15) is 36.8 Å². The van der Waals surface area contributed by atoms with Crippen LogP contribution < -0.4 is 32.5 Å². The second kappa shape index (κ2) is 23.8. The summed E-state index contributed by atoms with van der Waals surface area (Å²) in [5.74, 6) is 0.600. The fourth-order valence-electron chi connectivity index (χ4n) is 6.12. The topological polar surface area (TPSA) is 265 Å². The van der Waals surface area contributed by atoms with Gasteiger partial charge in [-0.15, -0.1) is 0 Å². The van der Waals surface area contributed by atoms with Crippen molar-refractivity contribution < 1.29 is 25.9 Å². The maximum atomic E-state index is 12.8. The van der Waals surface area contributed by atoms with E-state index in [2.05, 4.69) is 61.2 Å². The molecular weight excluding hydrogens is 1040 g/mol. The van der Waals surface area contributed by atoms with Gasteiger partial charge in [-0.05, 0) is 132 Å². The van der Waals surface area contributed by atoms with Crippen LogP contribution in [0.5, 0.6) is 0 Å². The van der Waals surface area contributed by atoms with Crippen molar-refractivity contribution in [2.24, 2.45) is 9.98 Å². The summed E-state index contributed by atoms with van der Waals surface area (Å²) in [4.78, 5) is 31.5. The van der Waals surface area contributed by atoms with Crippen molar-refractivity contribution in [2.75, 3.05) is 21.3 Å². The van der Waals surface area contributed by atoms with Crippen molar-refractivity contribution in [3.8, 4) is 0 Å². The molecule has 0 bridgehead atoms. The third kappa shape index (κ3) is 15.2. The fraction of sp³-hybridized carbons (Fsp3) is 0. The predicted octanol–water partition coefficient (Wildman–Crippen LogP) is 9.88. The molecule has 0 saturated heterocycles. The molecule has 2 aromatic heterocycles. The Morgan fingerprint density at radius 2 is 0.743 bits per heavy atom. The van der Waals surface area contributed by atoms with Gasteiger partial charge in [-0.1, -0.05) is 70.7 Å². The van der Waals surface area contributed by atoms with Gasteiger partial charge in [0.1, 0.15) is 9.79 Å². The van der Waals surface area contributed by atoms with E-state index in [0.29, 0.717) is 42.8 Å². The van der Waals surface area contributed by atoms with Crippen molar-refractivity contribution in [3.05, 3.63) is 176 Å². The minimum Gasteiger partial charge on any atom is -0.326 e. The quantitative estimate of drug-likeness (QED) is 0.0286. The van der Waals surface area contributed by atoms with E-state index in [9.17, 15) is 25.9 Å². The Kier molecular flexibility index (Phi) is 18.5. The van der Waals surface area contributed by atoms with Crippen molar-refractivity contribution in [1.82, 2.24) is 29.9 Å². The largest absolute Gasteiger partial charge is 0.326 e. The van der Waals surface area contributed by atoms with Crippen LogP contribution in [0.2, 0.25) is 20.1 Å². The summed E-state index contributed by atoms with van der Waals surface area (Å²) in [6.07, 6.45) is 2.49. The molecule has 6 aromatic carbocycles. The zero-order valence-electron chi connectivity index (χ0n) is 36.4. The number of benzene rings is 6. The van der Waals surface area contributed by atoms with E-state index >= 15 is 0 Å². The van der Waals surface area contributed by atoms with E-state index in [1.54, 1.807) is 97.1 Å².